The molecule has 1 aromatic carbocycles. The summed E-state index contributed by atoms with van der Waals surface area (Å²) >= 11 is 0. The first-order valence-corrected chi connectivity index (χ1v) is 6.42. The van der Waals surface area contributed by atoms with Crippen LogP contribution < -0.4 is 4.74 Å². The first-order valence-electron chi connectivity index (χ1n) is 6.42. The fourth-order valence-corrected chi connectivity index (χ4v) is 2.07. The predicted molar refractivity (Wildman–Crippen MR) is 75.0 cm³/mol. The van der Waals surface area contributed by atoms with Crippen molar-refractivity contribution >= 4 is 0 Å². The van der Waals surface area contributed by atoms with Gasteiger partial charge in [0.15, 0.2) is 0 Å². The van der Waals surface area contributed by atoms with E-state index < -0.39 is 0 Å². The highest BCUT2D eigenvalue weighted by Gasteiger charge is 2.27. The van der Waals surface area contributed by atoms with E-state index in [-0.39, 0.29) is 10.8 Å². The van der Waals surface area contributed by atoms with Gasteiger partial charge in [0, 0.05) is 5.56 Å². The molecule has 0 aliphatic carbocycles. The molecule has 0 radical (unpaired) electrons. The molecule has 17 heavy (non-hydrogen) atoms. The van der Waals surface area contributed by atoms with Crippen LogP contribution in [0.3, 0.4) is 0 Å². The molecule has 0 atom stereocenters. The van der Waals surface area contributed by atoms with Crippen LogP contribution in [-0.2, 0) is 10.8 Å². The molecule has 1 aromatic rings. The third-order valence-corrected chi connectivity index (χ3v) is 3.64. The van der Waals surface area contributed by atoms with Gasteiger partial charge in [0.25, 0.3) is 0 Å². The summed E-state index contributed by atoms with van der Waals surface area (Å²) in [4.78, 5) is 0. The average Bonchev–Trinajstić information content (AvgIpc) is 2.26. The normalized spacial score (nSPS) is 12.6. The monoisotopic (exact) mass is 234 g/mol. The fourth-order valence-electron chi connectivity index (χ4n) is 2.07. The Morgan fingerprint density at radius 3 is 1.94 bits per heavy atom. The van der Waals surface area contributed by atoms with E-state index in [1.807, 2.05) is 0 Å². The predicted octanol–water partition coefficient (Wildman–Crippen LogP) is 4.68. The third kappa shape index (κ3) is 2.83. The van der Waals surface area contributed by atoms with Gasteiger partial charge in [-0.3, -0.25) is 0 Å². The van der Waals surface area contributed by atoms with Crippen molar-refractivity contribution in [1.82, 2.24) is 0 Å². The zero-order valence-electron chi connectivity index (χ0n) is 12.3. The second-order valence-corrected chi connectivity index (χ2v) is 6.37. The minimum absolute atomic E-state index is 0.116. The summed E-state index contributed by atoms with van der Waals surface area (Å²) in [7, 11) is 1.78. The number of methoxy groups -OCH3 is 1. The van der Waals surface area contributed by atoms with Crippen LogP contribution in [0.2, 0.25) is 0 Å². The molecule has 0 fully saturated rings. The van der Waals surface area contributed by atoms with E-state index in [1.165, 1.54) is 11.1 Å². The van der Waals surface area contributed by atoms with Crippen molar-refractivity contribution in [3.63, 3.8) is 0 Å². The quantitative estimate of drug-likeness (QED) is 0.738. The van der Waals surface area contributed by atoms with Gasteiger partial charge in [-0.2, -0.15) is 0 Å². The molecule has 0 aliphatic heterocycles. The van der Waals surface area contributed by atoms with Crippen molar-refractivity contribution in [2.75, 3.05) is 7.11 Å². The molecule has 0 saturated carbocycles. The second-order valence-electron chi connectivity index (χ2n) is 6.37. The number of rotatable bonds is 3. The van der Waals surface area contributed by atoms with Crippen LogP contribution in [-0.4, -0.2) is 7.11 Å². The largest absolute Gasteiger partial charge is 0.496 e. The Morgan fingerprint density at radius 2 is 1.53 bits per heavy atom. The van der Waals surface area contributed by atoms with Crippen molar-refractivity contribution in [2.45, 2.75) is 58.8 Å². The third-order valence-electron chi connectivity index (χ3n) is 3.64. The van der Waals surface area contributed by atoms with Gasteiger partial charge in [0.1, 0.15) is 5.75 Å². The van der Waals surface area contributed by atoms with E-state index >= 15 is 0 Å². The highest BCUT2D eigenvalue weighted by molar-refractivity contribution is 5.48. The molecule has 0 spiro atoms. The number of para-hydroxylation sites is 1. The van der Waals surface area contributed by atoms with Gasteiger partial charge in [-0.15, -0.1) is 0 Å². The lowest BCUT2D eigenvalue weighted by atomic mass is 9.77. The Morgan fingerprint density at radius 1 is 1.00 bits per heavy atom. The minimum Gasteiger partial charge on any atom is -0.496 e. The van der Waals surface area contributed by atoms with Gasteiger partial charge < -0.3 is 4.74 Å². The van der Waals surface area contributed by atoms with Gasteiger partial charge in [-0.05, 0) is 22.8 Å². The topological polar surface area (TPSA) is 9.23 Å². The van der Waals surface area contributed by atoms with Gasteiger partial charge >= 0.3 is 0 Å². The Hall–Kier alpha value is -0.980. The van der Waals surface area contributed by atoms with Crippen LogP contribution in [0.5, 0.6) is 5.75 Å². The molecule has 1 rings (SSSR count). The summed E-state index contributed by atoms with van der Waals surface area (Å²) in [6.07, 6.45) is 1.11. The van der Waals surface area contributed by atoms with Gasteiger partial charge in [-0.1, -0.05) is 59.7 Å². The lowest BCUT2D eigenvalue weighted by Crippen LogP contribution is -2.20. The van der Waals surface area contributed by atoms with E-state index in [1.54, 1.807) is 7.11 Å². The highest BCUT2D eigenvalue weighted by Crippen LogP contribution is 2.40. The van der Waals surface area contributed by atoms with Crippen LogP contribution in [0.15, 0.2) is 18.2 Å². The first-order chi connectivity index (χ1) is 7.74. The second kappa shape index (κ2) is 4.72. The lowest BCUT2D eigenvalue weighted by Gasteiger charge is -2.30. The number of hydrogen-bond donors (Lipinski definition) is 0. The highest BCUT2D eigenvalue weighted by atomic mass is 16.5. The zero-order chi connectivity index (χ0) is 13.3. The Kier molecular flexibility index (Phi) is 3.91. The Labute approximate surface area is 106 Å². The summed E-state index contributed by atoms with van der Waals surface area (Å²) in [5.41, 5.74) is 2.88. The molecule has 0 saturated heterocycles. The summed E-state index contributed by atoms with van der Waals surface area (Å²) in [6, 6.07) is 6.52. The fraction of sp³-hybridized carbons (Fsp3) is 0.625. The maximum atomic E-state index is 5.69. The van der Waals surface area contributed by atoms with Gasteiger partial charge in [0.05, 0.1) is 7.11 Å². The molecule has 0 heterocycles. The molecular weight excluding hydrogens is 208 g/mol. The van der Waals surface area contributed by atoms with Crippen molar-refractivity contribution in [3.8, 4) is 5.75 Å². The summed E-state index contributed by atoms with van der Waals surface area (Å²) in [5.74, 6) is 1.06. The zero-order valence-corrected chi connectivity index (χ0v) is 12.3. The molecule has 1 heteroatoms. The molecule has 0 aromatic heterocycles. The van der Waals surface area contributed by atoms with Crippen LogP contribution in [0.25, 0.3) is 0 Å². The van der Waals surface area contributed by atoms with Gasteiger partial charge in [0.2, 0.25) is 0 Å². The molecule has 0 amide bonds. The Bertz CT molecular complexity index is 383. The smallest absolute Gasteiger partial charge is 0.126 e. The molecule has 0 aliphatic rings. The van der Waals surface area contributed by atoms with E-state index in [0.717, 1.165) is 12.2 Å². The molecule has 0 bridgehead atoms. The molecule has 0 N–H and O–H groups in total. The summed E-state index contributed by atoms with van der Waals surface area (Å²) < 4.78 is 5.69. The van der Waals surface area contributed by atoms with Gasteiger partial charge in [-0.25, -0.2) is 0 Å². The SMILES string of the molecule is CCC(C)(C)c1cccc(C(C)(C)C)c1OC. The lowest BCUT2D eigenvalue weighted by molar-refractivity contribution is 0.374. The number of hydrogen-bond acceptors (Lipinski definition) is 1. The first kappa shape index (κ1) is 14.1. The van der Waals surface area contributed by atoms with E-state index in [4.69, 9.17) is 4.74 Å². The van der Waals surface area contributed by atoms with Crippen molar-refractivity contribution in [3.05, 3.63) is 29.3 Å². The van der Waals surface area contributed by atoms with Crippen LogP contribution in [0.4, 0.5) is 0 Å². The molecule has 1 nitrogen and oxygen atoms in total. The van der Waals surface area contributed by atoms with Crippen molar-refractivity contribution < 1.29 is 4.74 Å². The van der Waals surface area contributed by atoms with Crippen LogP contribution >= 0.6 is 0 Å². The van der Waals surface area contributed by atoms with Crippen LogP contribution in [0.1, 0.15) is 59.1 Å². The maximum Gasteiger partial charge on any atom is 0.126 e. The molecular formula is C16H26O. The van der Waals surface area contributed by atoms with Crippen molar-refractivity contribution in [2.24, 2.45) is 0 Å². The van der Waals surface area contributed by atoms with E-state index in [2.05, 4.69) is 59.7 Å². The average molecular weight is 234 g/mol. The minimum atomic E-state index is 0.116. The standard InChI is InChI=1S/C16H26O/c1-8-16(5,6)13-11-9-10-12(14(13)17-7)15(2,3)4/h9-11H,8H2,1-7H3. The van der Waals surface area contributed by atoms with E-state index in [9.17, 15) is 0 Å². The molecule has 0 unspecified atom stereocenters. The Balaban J connectivity index is 3.44. The van der Waals surface area contributed by atoms with Crippen LogP contribution in [0, 0.1) is 0 Å². The summed E-state index contributed by atoms with van der Waals surface area (Å²) in [5, 5.41) is 0. The van der Waals surface area contributed by atoms with E-state index in [0.29, 0.717) is 0 Å². The number of ether oxygens (including phenoxy) is 1. The maximum absolute atomic E-state index is 5.69. The summed E-state index contributed by atoms with van der Waals surface area (Å²) in [6.45, 7) is 13.5. The van der Waals surface area contributed by atoms with Crippen molar-refractivity contribution in [1.29, 1.82) is 0 Å². The number of benzene rings is 1. The molecule has 96 valence electrons.